The Bertz CT molecular complexity index is 241. The van der Waals surface area contributed by atoms with Gasteiger partial charge in [0, 0.05) is 6.42 Å². The average molecular weight is 195 g/mol. The number of fused-ring (bicyclic) bond motifs is 2. The summed E-state index contributed by atoms with van der Waals surface area (Å²) in [6.07, 6.45) is 6.15. The molecule has 2 heteroatoms. The number of hydrogen-bond donors (Lipinski definition) is 1. The molecule has 2 saturated carbocycles. The maximum atomic E-state index is 11.8. The van der Waals surface area contributed by atoms with Crippen molar-refractivity contribution in [2.24, 2.45) is 23.5 Å². The van der Waals surface area contributed by atoms with E-state index < -0.39 is 5.54 Å². The van der Waals surface area contributed by atoms with Crippen molar-refractivity contribution in [1.29, 1.82) is 0 Å². The molecule has 0 saturated heterocycles. The molecule has 80 valence electrons. The van der Waals surface area contributed by atoms with Gasteiger partial charge in [-0.2, -0.15) is 0 Å². The summed E-state index contributed by atoms with van der Waals surface area (Å²) in [5, 5.41) is 0. The van der Waals surface area contributed by atoms with Crippen LogP contribution in [0.2, 0.25) is 0 Å². The predicted octanol–water partition coefficient (Wildman–Crippen LogP) is 2.12. The highest BCUT2D eigenvalue weighted by molar-refractivity contribution is 5.87. The summed E-state index contributed by atoms with van der Waals surface area (Å²) in [6, 6.07) is 0. The standard InChI is InChI=1S/C12H21NO/c1-12(2,13)11(14)7-10-6-8-3-4-9(10)5-8/h8-10H,3-7,13H2,1-2H3. The molecule has 2 aliphatic carbocycles. The van der Waals surface area contributed by atoms with Gasteiger partial charge in [0.1, 0.15) is 0 Å². The van der Waals surface area contributed by atoms with Crippen LogP contribution in [0.25, 0.3) is 0 Å². The largest absolute Gasteiger partial charge is 0.319 e. The smallest absolute Gasteiger partial charge is 0.152 e. The summed E-state index contributed by atoms with van der Waals surface area (Å²) < 4.78 is 0. The summed E-state index contributed by atoms with van der Waals surface area (Å²) in [5.41, 5.74) is 5.18. The SMILES string of the molecule is CC(C)(N)C(=O)CC1CC2CCC1C2. The van der Waals surface area contributed by atoms with Gasteiger partial charge >= 0.3 is 0 Å². The summed E-state index contributed by atoms with van der Waals surface area (Å²) in [5.74, 6) is 2.67. The third kappa shape index (κ3) is 1.85. The molecule has 0 radical (unpaired) electrons. The summed E-state index contributed by atoms with van der Waals surface area (Å²) in [7, 11) is 0. The van der Waals surface area contributed by atoms with Gasteiger partial charge in [-0.1, -0.05) is 6.42 Å². The fraction of sp³-hybridized carbons (Fsp3) is 0.917. The molecule has 0 spiro atoms. The molecule has 2 nitrogen and oxygen atoms in total. The Labute approximate surface area is 86.2 Å². The van der Waals surface area contributed by atoms with E-state index in [-0.39, 0.29) is 5.78 Å². The third-order valence-corrected chi connectivity index (χ3v) is 4.05. The van der Waals surface area contributed by atoms with Gasteiger partial charge in [-0.25, -0.2) is 0 Å². The van der Waals surface area contributed by atoms with Crippen LogP contribution in [0.5, 0.6) is 0 Å². The Balaban J connectivity index is 1.90. The van der Waals surface area contributed by atoms with Gasteiger partial charge in [0.25, 0.3) is 0 Å². The van der Waals surface area contributed by atoms with Crippen molar-refractivity contribution in [1.82, 2.24) is 0 Å². The topological polar surface area (TPSA) is 43.1 Å². The van der Waals surface area contributed by atoms with Crippen molar-refractivity contribution in [3.63, 3.8) is 0 Å². The van der Waals surface area contributed by atoms with Crippen molar-refractivity contribution in [3.8, 4) is 0 Å². The van der Waals surface area contributed by atoms with E-state index in [0.29, 0.717) is 5.92 Å². The lowest BCUT2D eigenvalue weighted by Crippen LogP contribution is -2.42. The van der Waals surface area contributed by atoms with Gasteiger partial charge in [-0.05, 0) is 50.9 Å². The highest BCUT2D eigenvalue weighted by Crippen LogP contribution is 2.49. The van der Waals surface area contributed by atoms with Crippen LogP contribution in [0, 0.1) is 17.8 Å². The first kappa shape index (κ1) is 10.2. The summed E-state index contributed by atoms with van der Waals surface area (Å²) in [6.45, 7) is 3.64. The number of rotatable bonds is 3. The van der Waals surface area contributed by atoms with Crippen molar-refractivity contribution in [3.05, 3.63) is 0 Å². The lowest BCUT2D eigenvalue weighted by molar-refractivity contribution is -0.124. The highest BCUT2D eigenvalue weighted by Gasteiger charge is 2.41. The molecule has 0 aliphatic heterocycles. The molecule has 3 unspecified atom stereocenters. The fourth-order valence-electron chi connectivity index (χ4n) is 3.13. The van der Waals surface area contributed by atoms with Crippen LogP contribution in [0.3, 0.4) is 0 Å². The molecule has 0 heterocycles. The van der Waals surface area contributed by atoms with Crippen molar-refractivity contribution >= 4 is 5.78 Å². The Kier molecular flexibility index (Phi) is 2.42. The molecule has 2 aliphatic rings. The monoisotopic (exact) mass is 195 g/mol. The maximum Gasteiger partial charge on any atom is 0.152 e. The van der Waals surface area contributed by atoms with E-state index in [2.05, 4.69) is 0 Å². The van der Waals surface area contributed by atoms with E-state index >= 15 is 0 Å². The second-order valence-corrected chi connectivity index (χ2v) is 5.78. The lowest BCUT2D eigenvalue weighted by Gasteiger charge is -2.24. The first-order valence-corrected chi connectivity index (χ1v) is 5.79. The number of hydrogen-bond acceptors (Lipinski definition) is 2. The van der Waals surface area contributed by atoms with Crippen LogP contribution >= 0.6 is 0 Å². The third-order valence-electron chi connectivity index (χ3n) is 4.05. The Morgan fingerprint density at radius 1 is 1.36 bits per heavy atom. The van der Waals surface area contributed by atoms with Crippen LogP contribution in [-0.2, 0) is 4.79 Å². The molecule has 3 atom stereocenters. The maximum absolute atomic E-state index is 11.8. The molecule has 14 heavy (non-hydrogen) atoms. The van der Waals surface area contributed by atoms with Crippen molar-refractivity contribution in [2.45, 2.75) is 51.5 Å². The zero-order valence-electron chi connectivity index (χ0n) is 9.25. The Morgan fingerprint density at radius 3 is 2.50 bits per heavy atom. The molecule has 2 fully saturated rings. The van der Waals surface area contributed by atoms with E-state index in [1.54, 1.807) is 0 Å². The van der Waals surface area contributed by atoms with Crippen LogP contribution < -0.4 is 5.73 Å². The van der Waals surface area contributed by atoms with E-state index in [1.165, 1.54) is 25.7 Å². The normalized spacial score (nSPS) is 36.4. The minimum atomic E-state index is -0.623. The van der Waals surface area contributed by atoms with Crippen molar-refractivity contribution < 1.29 is 4.79 Å². The molecule has 0 aromatic heterocycles. The van der Waals surface area contributed by atoms with Gasteiger partial charge in [-0.3, -0.25) is 4.79 Å². The van der Waals surface area contributed by atoms with Crippen LogP contribution in [0.4, 0.5) is 0 Å². The molecule has 0 aromatic carbocycles. The van der Waals surface area contributed by atoms with E-state index in [1.807, 2.05) is 13.8 Å². The minimum Gasteiger partial charge on any atom is -0.319 e. The van der Waals surface area contributed by atoms with E-state index in [9.17, 15) is 4.79 Å². The number of carbonyl (C=O) groups excluding carboxylic acids is 1. The minimum absolute atomic E-state index is 0.245. The van der Waals surface area contributed by atoms with Crippen LogP contribution in [0.1, 0.15) is 46.0 Å². The molecule has 0 amide bonds. The lowest BCUT2D eigenvalue weighted by atomic mass is 9.82. The van der Waals surface area contributed by atoms with Gasteiger partial charge in [-0.15, -0.1) is 0 Å². The number of carbonyl (C=O) groups is 1. The second kappa shape index (κ2) is 3.34. The number of ketones is 1. The average Bonchev–Trinajstić information content (AvgIpc) is 2.62. The summed E-state index contributed by atoms with van der Waals surface area (Å²) >= 11 is 0. The van der Waals surface area contributed by atoms with Crippen LogP contribution in [-0.4, -0.2) is 11.3 Å². The zero-order chi connectivity index (χ0) is 10.3. The van der Waals surface area contributed by atoms with Gasteiger partial charge < -0.3 is 5.73 Å². The van der Waals surface area contributed by atoms with Gasteiger partial charge in [0.15, 0.2) is 5.78 Å². The molecule has 2 N–H and O–H groups in total. The zero-order valence-corrected chi connectivity index (χ0v) is 9.25. The van der Waals surface area contributed by atoms with Crippen LogP contribution in [0.15, 0.2) is 0 Å². The Morgan fingerprint density at radius 2 is 2.07 bits per heavy atom. The van der Waals surface area contributed by atoms with Gasteiger partial charge in [0.2, 0.25) is 0 Å². The first-order chi connectivity index (χ1) is 6.47. The van der Waals surface area contributed by atoms with E-state index in [4.69, 9.17) is 5.73 Å². The first-order valence-electron chi connectivity index (χ1n) is 5.79. The van der Waals surface area contributed by atoms with E-state index in [0.717, 1.165) is 18.3 Å². The number of Topliss-reactive ketones (excluding diaryl/α,β-unsaturated/α-hetero) is 1. The highest BCUT2D eigenvalue weighted by atomic mass is 16.1. The molecular formula is C12H21NO. The quantitative estimate of drug-likeness (QED) is 0.749. The molecule has 2 bridgehead atoms. The predicted molar refractivity (Wildman–Crippen MR) is 56.8 cm³/mol. The fourth-order valence-corrected chi connectivity index (χ4v) is 3.13. The molecule has 0 aromatic rings. The Hall–Kier alpha value is -0.370. The van der Waals surface area contributed by atoms with Gasteiger partial charge in [0.05, 0.1) is 5.54 Å². The number of nitrogens with two attached hydrogens (primary N) is 1. The summed E-state index contributed by atoms with van der Waals surface area (Å²) in [4.78, 5) is 11.8. The molecule has 2 rings (SSSR count). The second-order valence-electron chi connectivity index (χ2n) is 5.78. The van der Waals surface area contributed by atoms with Crippen molar-refractivity contribution in [2.75, 3.05) is 0 Å². The molecular weight excluding hydrogens is 174 g/mol.